The molecule has 0 amide bonds. The summed E-state index contributed by atoms with van der Waals surface area (Å²) in [6.45, 7) is 4.25. The van der Waals surface area contributed by atoms with Crippen LogP contribution < -0.4 is 4.74 Å². The van der Waals surface area contributed by atoms with Gasteiger partial charge in [-0.1, -0.05) is 19.9 Å². The van der Waals surface area contributed by atoms with E-state index in [1.165, 1.54) is 5.56 Å². The number of halogens is 1. The third-order valence-corrected chi connectivity index (χ3v) is 2.91. The van der Waals surface area contributed by atoms with E-state index in [4.69, 9.17) is 4.74 Å². The van der Waals surface area contributed by atoms with Gasteiger partial charge in [0.25, 0.3) is 0 Å². The van der Waals surface area contributed by atoms with E-state index in [1.807, 2.05) is 12.1 Å². The molecule has 0 aromatic heterocycles. The Kier molecular flexibility index (Phi) is 4.33. The van der Waals surface area contributed by atoms with E-state index >= 15 is 0 Å². The molecule has 1 rings (SSSR count). The number of methoxy groups -OCH3 is 1. The van der Waals surface area contributed by atoms with Gasteiger partial charge in [-0.3, -0.25) is 0 Å². The Morgan fingerprint density at radius 2 is 2.13 bits per heavy atom. The predicted octanol–water partition coefficient (Wildman–Crippen LogP) is 3.32. The second-order valence-electron chi connectivity index (χ2n) is 3.72. The molecule has 0 aliphatic heterocycles. The van der Waals surface area contributed by atoms with Crippen LogP contribution in [-0.4, -0.2) is 13.4 Å². The molecule has 2 nitrogen and oxygen atoms in total. The number of aldehydes is 1. The molecule has 0 aliphatic rings. The maximum absolute atomic E-state index is 10.6. The van der Waals surface area contributed by atoms with E-state index in [1.54, 1.807) is 7.11 Å². The fourth-order valence-electron chi connectivity index (χ4n) is 1.48. The Hall–Kier alpha value is -0.830. The third-order valence-electron chi connectivity index (χ3n) is 2.32. The molecule has 0 aliphatic carbocycles. The van der Waals surface area contributed by atoms with Crippen LogP contribution in [0.2, 0.25) is 0 Å². The molecule has 0 spiro atoms. The van der Waals surface area contributed by atoms with Crippen LogP contribution in [0.1, 0.15) is 30.9 Å². The van der Waals surface area contributed by atoms with Crippen LogP contribution in [0.4, 0.5) is 0 Å². The zero-order valence-corrected chi connectivity index (χ0v) is 10.8. The fraction of sp³-hybridized carbons (Fsp3) is 0.417. The third kappa shape index (κ3) is 2.81. The van der Waals surface area contributed by atoms with Gasteiger partial charge in [0.2, 0.25) is 0 Å². The first kappa shape index (κ1) is 12.2. The van der Waals surface area contributed by atoms with Crippen LogP contribution in [0.15, 0.2) is 16.6 Å². The number of hydrogen-bond donors (Lipinski definition) is 0. The van der Waals surface area contributed by atoms with Crippen molar-refractivity contribution in [3.05, 3.63) is 27.7 Å². The Balaban J connectivity index is 3.24. The smallest absolute Gasteiger partial charge is 0.136 e. The van der Waals surface area contributed by atoms with Crippen molar-refractivity contribution in [2.24, 2.45) is 0 Å². The van der Waals surface area contributed by atoms with Gasteiger partial charge in [0.15, 0.2) is 0 Å². The Labute approximate surface area is 98.8 Å². The number of rotatable bonds is 4. The van der Waals surface area contributed by atoms with Crippen LogP contribution in [-0.2, 0) is 11.2 Å². The molecule has 0 atom stereocenters. The molecule has 3 heteroatoms. The van der Waals surface area contributed by atoms with Gasteiger partial charge >= 0.3 is 0 Å². The lowest BCUT2D eigenvalue weighted by Crippen LogP contribution is -1.98. The summed E-state index contributed by atoms with van der Waals surface area (Å²) in [6.07, 6.45) is 1.29. The molecule has 0 bridgehead atoms. The van der Waals surface area contributed by atoms with Gasteiger partial charge < -0.3 is 9.53 Å². The lowest BCUT2D eigenvalue weighted by atomic mass is 9.99. The van der Waals surface area contributed by atoms with Gasteiger partial charge in [0.05, 0.1) is 11.6 Å². The lowest BCUT2D eigenvalue weighted by Gasteiger charge is -2.13. The standard InChI is InChI=1S/C12H15BrO2/c1-8(2)10-6-9(4-5-14)12(15-3)11(13)7-10/h5-8H,4H2,1-3H3. The molecule has 15 heavy (non-hydrogen) atoms. The van der Waals surface area contributed by atoms with Crippen molar-refractivity contribution < 1.29 is 9.53 Å². The highest BCUT2D eigenvalue weighted by molar-refractivity contribution is 9.10. The molecule has 82 valence electrons. The van der Waals surface area contributed by atoms with Crippen LogP contribution >= 0.6 is 15.9 Å². The summed E-state index contributed by atoms with van der Waals surface area (Å²) in [5.74, 6) is 1.20. The van der Waals surface area contributed by atoms with Gasteiger partial charge in [-0.25, -0.2) is 0 Å². The van der Waals surface area contributed by atoms with E-state index < -0.39 is 0 Å². The minimum Gasteiger partial charge on any atom is -0.495 e. The highest BCUT2D eigenvalue weighted by Crippen LogP contribution is 2.33. The largest absolute Gasteiger partial charge is 0.495 e. The van der Waals surface area contributed by atoms with E-state index in [-0.39, 0.29) is 0 Å². The average Bonchev–Trinajstić information content (AvgIpc) is 2.17. The Bertz CT molecular complexity index is 359. The molecule has 0 N–H and O–H groups in total. The minimum atomic E-state index is 0.391. The normalized spacial score (nSPS) is 10.5. The van der Waals surface area contributed by atoms with Crippen molar-refractivity contribution >= 4 is 22.2 Å². The zero-order chi connectivity index (χ0) is 11.4. The van der Waals surface area contributed by atoms with Crippen molar-refractivity contribution in [2.45, 2.75) is 26.2 Å². The fourth-order valence-corrected chi connectivity index (χ4v) is 2.16. The second-order valence-corrected chi connectivity index (χ2v) is 4.57. The summed E-state index contributed by atoms with van der Waals surface area (Å²) in [7, 11) is 1.61. The summed E-state index contributed by atoms with van der Waals surface area (Å²) in [4.78, 5) is 10.6. The monoisotopic (exact) mass is 270 g/mol. The molecule has 0 saturated heterocycles. The molecular weight excluding hydrogens is 256 g/mol. The van der Waals surface area contributed by atoms with Crippen molar-refractivity contribution in [2.75, 3.05) is 7.11 Å². The predicted molar refractivity (Wildman–Crippen MR) is 64.6 cm³/mol. The van der Waals surface area contributed by atoms with Crippen molar-refractivity contribution in [3.63, 3.8) is 0 Å². The summed E-state index contributed by atoms with van der Waals surface area (Å²) < 4.78 is 6.17. The summed E-state index contributed by atoms with van der Waals surface area (Å²) in [5.41, 5.74) is 2.14. The average molecular weight is 271 g/mol. The van der Waals surface area contributed by atoms with E-state index in [0.29, 0.717) is 12.3 Å². The van der Waals surface area contributed by atoms with E-state index in [0.717, 1.165) is 22.1 Å². The molecule has 0 unspecified atom stereocenters. The summed E-state index contributed by atoms with van der Waals surface area (Å²) in [5, 5.41) is 0. The first-order valence-electron chi connectivity index (χ1n) is 4.90. The molecule has 0 heterocycles. The molecule has 0 saturated carbocycles. The number of hydrogen-bond acceptors (Lipinski definition) is 2. The van der Waals surface area contributed by atoms with Crippen molar-refractivity contribution in [1.29, 1.82) is 0 Å². The zero-order valence-electron chi connectivity index (χ0n) is 9.21. The maximum Gasteiger partial charge on any atom is 0.136 e. The van der Waals surface area contributed by atoms with Crippen LogP contribution in [0.5, 0.6) is 5.75 Å². The molecule has 1 aromatic rings. The molecule has 0 radical (unpaired) electrons. The van der Waals surface area contributed by atoms with Crippen molar-refractivity contribution in [1.82, 2.24) is 0 Å². The Morgan fingerprint density at radius 3 is 2.60 bits per heavy atom. The topological polar surface area (TPSA) is 26.3 Å². The van der Waals surface area contributed by atoms with Crippen LogP contribution in [0, 0.1) is 0 Å². The van der Waals surface area contributed by atoms with Gasteiger partial charge in [-0.05, 0) is 33.5 Å². The van der Waals surface area contributed by atoms with Gasteiger partial charge in [0, 0.05) is 12.0 Å². The maximum atomic E-state index is 10.6. The summed E-state index contributed by atoms with van der Waals surface area (Å²) in [6, 6.07) is 4.07. The van der Waals surface area contributed by atoms with E-state index in [9.17, 15) is 4.79 Å². The highest BCUT2D eigenvalue weighted by Gasteiger charge is 2.11. The molecular formula is C12H15BrO2. The van der Waals surface area contributed by atoms with Crippen LogP contribution in [0.25, 0.3) is 0 Å². The molecule has 0 fully saturated rings. The highest BCUT2D eigenvalue weighted by atomic mass is 79.9. The first-order chi connectivity index (χ1) is 7.10. The summed E-state index contributed by atoms with van der Waals surface area (Å²) >= 11 is 3.46. The number of ether oxygens (including phenoxy) is 1. The van der Waals surface area contributed by atoms with Gasteiger partial charge in [0.1, 0.15) is 12.0 Å². The number of benzene rings is 1. The lowest BCUT2D eigenvalue weighted by molar-refractivity contribution is -0.107. The van der Waals surface area contributed by atoms with Crippen LogP contribution in [0.3, 0.4) is 0 Å². The minimum absolute atomic E-state index is 0.391. The Morgan fingerprint density at radius 1 is 1.47 bits per heavy atom. The quantitative estimate of drug-likeness (QED) is 0.785. The number of carbonyl (C=O) groups excluding carboxylic acids is 1. The van der Waals surface area contributed by atoms with Gasteiger partial charge in [-0.2, -0.15) is 0 Å². The first-order valence-corrected chi connectivity index (χ1v) is 5.69. The van der Waals surface area contributed by atoms with Crippen molar-refractivity contribution in [3.8, 4) is 5.75 Å². The number of carbonyl (C=O) groups is 1. The van der Waals surface area contributed by atoms with E-state index in [2.05, 4.69) is 29.8 Å². The molecule has 1 aromatic carbocycles. The SMILES string of the molecule is COc1c(Br)cc(C(C)C)cc1CC=O. The second kappa shape index (κ2) is 5.31. The van der Waals surface area contributed by atoms with Gasteiger partial charge in [-0.15, -0.1) is 0 Å².